The molecule has 1 aromatic heterocycles. The van der Waals surface area contributed by atoms with Crippen molar-refractivity contribution in [3.8, 4) is 11.5 Å². The summed E-state index contributed by atoms with van der Waals surface area (Å²) in [5.74, 6) is 0.107. The lowest BCUT2D eigenvalue weighted by atomic mass is 10.2. The third-order valence-corrected chi connectivity index (χ3v) is 4.11. The molecule has 30 heavy (non-hydrogen) atoms. The number of carbonyl (C=O) groups is 2. The normalized spacial score (nSPS) is 10.6. The second-order valence-corrected chi connectivity index (χ2v) is 6.53. The van der Waals surface area contributed by atoms with Gasteiger partial charge in [-0.2, -0.15) is 0 Å². The van der Waals surface area contributed by atoms with E-state index in [1.807, 2.05) is 13.0 Å². The van der Waals surface area contributed by atoms with Gasteiger partial charge in [-0.15, -0.1) is 0 Å². The predicted octanol–water partition coefficient (Wildman–Crippen LogP) is 4.51. The number of anilines is 1. The largest absolute Gasteiger partial charge is 0.490 e. The first-order valence-electron chi connectivity index (χ1n) is 9.68. The van der Waals surface area contributed by atoms with Crippen molar-refractivity contribution in [1.82, 2.24) is 4.98 Å². The molecule has 0 aliphatic carbocycles. The molecule has 1 aromatic carbocycles. The maximum Gasteiger partial charge on any atom is 0.331 e. The summed E-state index contributed by atoms with van der Waals surface area (Å²) in [4.78, 5) is 27.6. The summed E-state index contributed by atoms with van der Waals surface area (Å²) in [5, 5.41) is 2.68. The number of halogens is 1. The molecule has 0 fully saturated rings. The second-order valence-electron chi connectivity index (χ2n) is 6.17. The van der Waals surface area contributed by atoms with Gasteiger partial charge in [-0.1, -0.05) is 31.0 Å². The Morgan fingerprint density at radius 3 is 2.73 bits per heavy atom. The number of aromatic nitrogens is 1. The molecule has 0 aliphatic rings. The Morgan fingerprint density at radius 1 is 1.17 bits per heavy atom. The van der Waals surface area contributed by atoms with Crippen molar-refractivity contribution in [2.24, 2.45) is 0 Å². The second kappa shape index (κ2) is 12.5. The summed E-state index contributed by atoms with van der Waals surface area (Å²) in [6, 6.07) is 8.63. The van der Waals surface area contributed by atoms with Crippen LogP contribution in [0.15, 0.2) is 42.6 Å². The monoisotopic (exact) mass is 432 g/mol. The molecule has 8 heteroatoms. The van der Waals surface area contributed by atoms with Crippen LogP contribution in [0, 0.1) is 0 Å². The first kappa shape index (κ1) is 23.2. The summed E-state index contributed by atoms with van der Waals surface area (Å²) in [7, 11) is 0. The molecule has 160 valence electrons. The smallest absolute Gasteiger partial charge is 0.331 e. The van der Waals surface area contributed by atoms with Crippen molar-refractivity contribution in [2.45, 2.75) is 26.7 Å². The summed E-state index contributed by atoms with van der Waals surface area (Å²) in [5.41, 5.74) is 1.09. The minimum atomic E-state index is -0.649. The van der Waals surface area contributed by atoms with Crippen LogP contribution in [-0.2, 0) is 14.3 Å². The summed E-state index contributed by atoms with van der Waals surface area (Å²) in [6.45, 7) is 4.65. The number of hydrogen-bond acceptors (Lipinski definition) is 6. The summed E-state index contributed by atoms with van der Waals surface area (Å²) >= 11 is 5.87. The van der Waals surface area contributed by atoms with E-state index in [1.54, 1.807) is 30.3 Å². The Labute approximate surface area is 181 Å². The first-order valence-corrected chi connectivity index (χ1v) is 10.1. The fourth-order valence-corrected chi connectivity index (χ4v) is 2.52. The fraction of sp³-hybridized carbons (Fsp3) is 0.318. The minimum absolute atomic E-state index is 0.157. The lowest BCUT2D eigenvalue weighted by molar-refractivity contribution is -0.142. The van der Waals surface area contributed by atoms with Crippen LogP contribution in [0.5, 0.6) is 11.5 Å². The quantitative estimate of drug-likeness (QED) is 0.243. The average molecular weight is 433 g/mol. The number of nitrogens with zero attached hydrogens (tertiary/aromatic N) is 1. The molecule has 7 nitrogen and oxygen atoms in total. The van der Waals surface area contributed by atoms with Gasteiger partial charge in [-0.3, -0.25) is 4.79 Å². The Kier molecular flexibility index (Phi) is 9.67. The van der Waals surface area contributed by atoms with Crippen LogP contribution in [0.3, 0.4) is 0 Å². The van der Waals surface area contributed by atoms with Gasteiger partial charge in [0.2, 0.25) is 0 Å². The van der Waals surface area contributed by atoms with Gasteiger partial charge < -0.3 is 19.5 Å². The number of ether oxygens (including phenoxy) is 3. The minimum Gasteiger partial charge on any atom is -0.490 e. The highest BCUT2D eigenvalue weighted by Gasteiger charge is 2.09. The van der Waals surface area contributed by atoms with Crippen LogP contribution in [0.25, 0.3) is 6.08 Å². The third kappa shape index (κ3) is 7.75. The Hall–Kier alpha value is -3.06. The maximum absolute atomic E-state index is 11.9. The molecule has 0 atom stereocenters. The molecule has 0 radical (unpaired) electrons. The van der Waals surface area contributed by atoms with E-state index in [1.165, 1.54) is 12.3 Å². The molecular formula is C22H25ClN2O5. The molecule has 0 saturated carbocycles. The Morgan fingerprint density at radius 2 is 2.00 bits per heavy atom. The highest BCUT2D eigenvalue weighted by Crippen LogP contribution is 2.29. The number of rotatable bonds is 11. The van der Waals surface area contributed by atoms with Gasteiger partial charge in [0.15, 0.2) is 23.3 Å². The van der Waals surface area contributed by atoms with Crippen molar-refractivity contribution in [3.05, 3.63) is 53.3 Å². The molecular weight excluding hydrogens is 408 g/mol. The van der Waals surface area contributed by atoms with Gasteiger partial charge in [0, 0.05) is 12.3 Å². The summed E-state index contributed by atoms with van der Waals surface area (Å²) < 4.78 is 16.3. The molecule has 1 N–H and O–H groups in total. The van der Waals surface area contributed by atoms with Gasteiger partial charge in [0.25, 0.3) is 5.91 Å². The fourth-order valence-electron chi connectivity index (χ4n) is 2.36. The van der Waals surface area contributed by atoms with E-state index in [4.69, 9.17) is 25.8 Å². The molecule has 0 unspecified atom stereocenters. The van der Waals surface area contributed by atoms with Gasteiger partial charge >= 0.3 is 5.97 Å². The zero-order chi connectivity index (χ0) is 21.8. The number of carbonyl (C=O) groups excluding carboxylic acids is 2. The van der Waals surface area contributed by atoms with Gasteiger partial charge in [0.05, 0.1) is 18.9 Å². The first-order chi connectivity index (χ1) is 14.5. The van der Waals surface area contributed by atoms with Gasteiger partial charge in [-0.25, -0.2) is 9.78 Å². The molecule has 2 rings (SSSR count). The van der Waals surface area contributed by atoms with Gasteiger partial charge in [0.1, 0.15) is 0 Å². The molecule has 2 aromatic rings. The average Bonchev–Trinajstić information content (AvgIpc) is 2.74. The number of esters is 1. The third-order valence-electron chi connectivity index (χ3n) is 3.81. The molecule has 1 heterocycles. The summed E-state index contributed by atoms with van der Waals surface area (Å²) in [6.07, 6.45) is 6.33. The van der Waals surface area contributed by atoms with E-state index in [-0.39, 0.29) is 5.15 Å². The Balaban J connectivity index is 1.89. The van der Waals surface area contributed by atoms with Crippen LogP contribution in [-0.4, -0.2) is 36.7 Å². The van der Waals surface area contributed by atoms with E-state index in [0.29, 0.717) is 30.4 Å². The van der Waals surface area contributed by atoms with E-state index >= 15 is 0 Å². The van der Waals surface area contributed by atoms with Crippen LogP contribution >= 0.6 is 11.6 Å². The van der Waals surface area contributed by atoms with Crippen LogP contribution in [0.1, 0.15) is 32.3 Å². The highest BCUT2D eigenvalue weighted by atomic mass is 35.5. The van der Waals surface area contributed by atoms with Crippen molar-refractivity contribution in [2.75, 3.05) is 25.1 Å². The number of benzene rings is 1. The van der Waals surface area contributed by atoms with Gasteiger partial charge in [-0.05, 0) is 49.2 Å². The number of hydrogen-bond donors (Lipinski definition) is 1. The number of pyridine rings is 1. The zero-order valence-electron chi connectivity index (χ0n) is 17.0. The lowest BCUT2D eigenvalue weighted by Crippen LogP contribution is -2.20. The van der Waals surface area contributed by atoms with Crippen LogP contribution in [0.4, 0.5) is 5.69 Å². The molecule has 0 bridgehead atoms. The standard InChI is InChI=1S/C22H25ClN2O5/c1-3-5-13-29-18-10-8-16(14-19(18)28-4-2)9-11-21(27)30-15-20(26)25-17-7-6-12-24-22(17)23/h6-12,14H,3-5,13,15H2,1-2H3,(H,25,26)/b11-9+. The van der Waals surface area contributed by atoms with E-state index in [0.717, 1.165) is 18.4 Å². The Bertz CT molecular complexity index is 886. The van der Waals surface area contributed by atoms with E-state index in [2.05, 4.69) is 17.2 Å². The molecule has 0 aliphatic heterocycles. The van der Waals surface area contributed by atoms with E-state index in [9.17, 15) is 9.59 Å². The zero-order valence-corrected chi connectivity index (χ0v) is 17.8. The van der Waals surface area contributed by atoms with Crippen molar-refractivity contribution < 1.29 is 23.8 Å². The maximum atomic E-state index is 11.9. The molecule has 0 saturated heterocycles. The van der Waals surface area contributed by atoms with Crippen molar-refractivity contribution in [3.63, 3.8) is 0 Å². The molecule has 0 spiro atoms. The van der Waals surface area contributed by atoms with Crippen LogP contribution in [0.2, 0.25) is 5.15 Å². The number of nitrogens with one attached hydrogen (secondary N) is 1. The predicted molar refractivity (Wildman–Crippen MR) is 116 cm³/mol. The highest BCUT2D eigenvalue weighted by molar-refractivity contribution is 6.32. The van der Waals surface area contributed by atoms with Crippen LogP contribution < -0.4 is 14.8 Å². The topological polar surface area (TPSA) is 86.8 Å². The SMILES string of the molecule is CCCCOc1ccc(/C=C/C(=O)OCC(=O)Nc2cccnc2Cl)cc1OCC. The van der Waals surface area contributed by atoms with E-state index < -0.39 is 18.5 Å². The van der Waals surface area contributed by atoms with Crippen molar-refractivity contribution in [1.29, 1.82) is 0 Å². The number of unbranched alkanes of at least 4 members (excludes halogenated alkanes) is 1. The van der Waals surface area contributed by atoms with Crippen molar-refractivity contribution >= 4 is 35.2 Å². The lowest BCUT2D eigenvalue weighted by Gasteiger charge is -2.12. The molecule has 1 amide bonds. The number of amides is 1.